The standard InChI is InChI=1S/C17H26N2O5S/c1-11(2)9-15(17(21)22)19-16(20)13-5-7-14(8-6-13)25(23,24)18-10-12(3)4/h5-8,11-12,15,18H,9-10H2,1-4H3,(H,19,20)(H,21,22). The molecule has 0 saturated heterocycles. The van der Waals surface area contributed by atoms with Gasteiger partial charge in [-0.25, -0.2) is 17.9 Å². The Balaban J connectivity index is 2.84. The molecular weight excluding hydrogens is 344 g/mol. The zero-order chi connectivity index (χ0) is 19.2. The molecule has 1 aromatic carbocycles. The first-order valence-corrected chi connectivity index (χ1v) is 9.64. The van der Waals surface area contributed by atoms with Gasteiger partial charge in [-0.05, 0) is 42.5 Å². The summed E-state index contributed by atoms with van der Waals surface area (Å²) in [5.41, 5.74) is 0.206. The van der Waals surface area contributed by atoms with E-state index in [9.17, 15) is 23.1 Å². The molecule has 0 saturated carbocycles. The van der Waals surface area contributed by atoms with Crippen molar-refractivity contribution in [3.05, 3.63) is 29.8 Å². The van der Waals surface area contributed by atoms with Crippen LogP contribution in [0.1, 0.15) is 44.5 Å². The Morgan fingerprint density at radius 3 is 2.04 bits per heavy atom. The van der Waals surface area contributed by atoms with Crippen LogP contribution in [-0.2, 0) is 14.8 Å². The van der Waals surface area contributed by atoms with Gasteiger partial charge in [0, 0.05) is 12.1 Å². The van der Waals surface area contributed by atoms with Gasteiger partial charge in [0.05, 0.1) is 4.90 Å². The molecule has 0 aromatic heterocycles. The number of amides is 1. The Hall–Kier alpha value is -1.93. The zero-order valence-corrected chi connectivity index (χ0v) is 15.8. The lowest BCUT2D eigenvalue weighted by Crippen LogP contribution is -2.41. The second-order valence-corrected chi connectivity index (χ2v) is 8.53. The van der Waals surface area contributed by atoms with E-state index in [1.165, 1.54) is 24.3 Å². The lowest BCUT2D eigenvalue weighted by molar-refractivity contribution is -0.139. The average Bonchev–Trinajstić information content (AvgIpc) is 2.52. The monoisotopic (exact) mass is 370 g/mol. The topological polar surface area (TPSA) is 113 Å². The molecule has 7 nitrogen and oxygen atoms in total. The summed E-state index contributed by atoms with van der Waals surface area (Å²) in [6.45, 7) is 7.84. The number of sulfonamides is 1. The summed E-state index contributed by atoms with van der Waals surface area (Å²) < 4.78 is 26.7. The third kappa shape index (κ3) is 6.83. The lowest BCUT2D eigenvalue weighted by atomic mass is 10.0. The van der Waals surface area contributed by atoms with Crippen LogP contribution in [0.25, 0.3) is 0 Å². The lowest BCUT2D eigenvalue weighted by Gasteiger charge is -2.16. The van der Waals surface area contributed by atoms with Crippen molar-refractivity contribution in [3.8, 4) is 0 Å². The first-order chi connectivity index (χ1) is 11.5. The van der Waals surface area contributed by atoms with E-state index in [-0.39, 0.29) is 22.3 Å². The van der Waals surface area contributed by atoms with Crippen LogP contribution in [-0.4, -0.2) is 38.0 Å². The molecule has 1 unspecified atom stereocenters. The van der Waals surface area contributed by atoms with Crippen molar-refractivity contribution >= 4 is 21.9 Å². The predicted molar refractivity (Wildman–Crippen MR) is 94.8 cm³/mol. The van der Waals surface area contributed by atoms with Crippen molar-refractivity contribution in [2.45, 2.75) is 45.1 Å². The van der Waals surface area contributed by atoms with Crippen molar-refractivity contribution in [1.82, 2.24) is 10.0 Å². The highest BCUT2D eigenvalue weighted by Gasteiger charge is 2.22. The number of rotatable bonds is 9. The molecule has 0 aliphatic rings. The molecule has 0 bridgehead atoms. The minimum Gasteiger partial charge on any atom is -0.480 e. The molecule has 0 aliphatic heterocycles. The van der Waals surface area contributed by atoms with Gasteiger partial charge in [-0.3, -0.25) is 4.79 Å². The molecule has 8 heteroatoms. The van der Waals surface area contributed by atoms with Crippen molar-refractivity contribution in [2.75, 3.05) is 6.54 Å². The van der Waals surface area contributed by atoms with Gasteiger partial charge in [0.2, 0.25) is 10.0 Å². The summed E-state index contributed by atoms with van der Waals surface area (Å²) in [7, 11) is -3.63. The van der Waals surface area contributed by atoms with E-state index >= 15 is 0 Å². The molecule has 0 heterocycles. The average molecular weight is 370 g/mol. The maximum Gasteiger partial charge on any atom is 0.326 e. The third-order valence-electron chi connectivity index (χ3n) is 3.42. The number of carboxylic acids is 1. The Kier molecular flexibility index (Phi) is 7.57. The number of nitrogens with one attached hydrogen (secondary N) is 2. The summed E-state index contributed by atoms with van der Waals surface area (Å²) in [6, 6.07) is 4.41. The molecule has 0 aliphatic carbocycles. The molecule has 0 spiro atoms. The zero-order valence-electron chi connectivity index (χ0n) is 14.9. The van der Waals surface area contributed by atoms with Gasteiger partial charge in [0.15, 0.2) is 0 Å². The Labute approximate surface area is 148 Å². The van der Waals surface area contributed by atoms with Crippen molar-refractivity contribution in [2.24, 2.45) is 11.8 Å². The number of aliphatic carboxylic acids is 1. The number of carbonyl (C=O) groups is 2. The highest BCUT2D eigenvalue weighted by atomic mass is 32.2. The van der Waals surface area contributed by atoms with Gasteiger partial charge < -0.3 is 10.4 Å². The highest BCUT2D eigenvalue weighted by Crippen LogP contribution is 2.12. The summed E-state index contributed by atoms with van der Waals surface area (Å²) in [6.07, 6.45) is 0.312. The third-order valence-corrected chi connectivity index (χ3v) is 4.86. The second kappa shape index (κ2) is 8.96. The maximum absolute atomic E-state index is 12.2. The molecule has 1 aromatic rings. The van der Waals surface area contributed by atoms with Crippen LogP contribution < -0.4 is 10.0 Å². The van der Waals surface area contributed by atoms with Crippen molar-refractivity contribution in [3.63, 3.8) is 0 Å². The fraction of sp³-hybridized carbons (Fsp3) is 0.529. The molecule has 140 valence electrons. The number of carboxylic acid groups (broad SMARTS) is 1. The van der Waals surface area contributed by atoms with Gasteiger partial charge in [0.25, 0.3) is 5.91 Å². The summed E-state index contributed by atoms with van der Waals surface area (Å²) in [5, 5.41) is 11.6. The normalized spacial score (nSPS) is 13.0. The van der Waals surface area contributed by atoms with Crippen molar-refractivity contribution < 1.29 is 23.1 Å². The van der Waals surface area contributed by atoms with Gasteiger partial charge >= 0.3 is 5.97 Å². The minimum absolute atomic E-state index is 0.0571. The van der Waals surface area contributed by atoms with E-state index in [1.54, 1.807) is 0 Å². The summed E-state index contributed by atoms with van der Waals surface area (Å²) >= 11 is 0. The second-order valence-electron chi connectivity index (χ2n) is 6.76. The van der Waals surface area contributed by atoms with Crippen LogP contribution in [0, 0.1) is 11.8 Å². The van der Waals surface area contributed by atoms with E-state index in [0.29, 0.717) is 13.0 Å². The van der Waals surface area contributed by atoms with E-state index in [2.05, 4.69) is 10.0 Å². The van der Waals surface area contributed by atoms with Crippen LogP contribution in [0.4, 0.5) is 0 Å². The van der Waals surface area contributed by atoms with Crippen LogP contribution in [0.3, 0.4) is 0 Å². The Bertz CT molecular complexity index is 696. The van der Waals surface area contributed by atoms with E-state index < -0.39 is 27.9 Å². The number of hydrogen-bond acceptors (Lipinski definition) is 4. The molecule has 0 radical (unpaired) electrons. The molecule has 1 atom stereocenters. The van der Waals surface area contributed by atoms with E-state index in [0.717, 1.165) is 0 Å². The fourth-order valence-corrected chi connectivity index (χ4v) is 3.29. The molecule has 3 N–H and O–H groups in total. The minimum atomic E-state index is -3.63. The SMILES string of the molecule is CC(C)CNS(=O)(=O)c1ccc(C(=O)NC(CC(C)C)C(=O)O)cc1. The van der Waals surface area contributed by atoms with Crippen LogP contribution in [0.15, 0.2) is 29.2 Å². The maximum atomic E-state index is 12.2. The molecule has 1 rings (SSSR count). The first kappa shape index (κ1) is 21.1. The fourth-order valence-electron chi connectivity index (χ4n) is 2.08. The number of hydrogen-bond donors (Lipinski definition) is 3. The quantitative estimate of drug-likeness (QED) is 0.614. The smallest absolute Gasteiger partial charge is 0.326 e. The molecule has 0 fully saturated rings. The van der Waals surface area contributed by atoms with Crippen LogP contribution >= 0.6 is 0 Å². The summed E-state index contributed by atoms with van der Waals surface area (Å²) in [4.78, 5) is 23.4. The van der Waals surface area contributed by atoms with Gasteiger partial charge in [-0.15, -0.1) is 0 Å². The molecule has 25 heavy (non-hydrogen) atoms. The van der Waals surface area contributed by atoms with Crippen molar-refractivity contribution in [1.29, 1.82) is 0 Å². The molecule has 1 amide bonds. The summed E-state index contributed by atoms with van der Waals surface area (Å²) in [5.74, 6) is -1.36. The van der Waals surface area contributed by atoms with Gasteiger partial charge in [-0.2, -0.15) is 0 Å². The van der Waals surface area contributed by atoms with E-state index in [4.69, 9.17) is 0 Å². The Morgan fingerprint density at radius 1 is 1.04 bits per heavy atom. The van der Waals surface area contributed by atoms with Crippen LogP contribution in [0.2, 0.25) is 0 Å². The first-order valence-electron chi connectivity index (χ1n) is 8.16. The van der Waals surface area contributed by atoms with E-state index in [1.807, 2.05) is 27.7 Å². The van der Waals surface area contributed by atoms with Gasteiger partial charge in [0.1, 0.15) is 6.04 Å². The van der Waals surface area contributed by atoms with Crippen LogP contribution in [0.5, 0.6) is 0 Å². The molecular formula is C17H26N2O5S. The number of carbonyl (C=O) groups excluding carboxylic acids is 1. The van der Waals surface area contributed by atoms with Gasteiger partial charge in [-0.1, -0.05) is 27.7 Å². The number of benzene rings is 1. The predicted octanol–water partition coefficient (Wildman–Crippen LogP) is 1.85. The highest BCUT2D eigenvalue weighted by molar-refractivity contribution is 7.89. The Morgan fingerprint density at radius 2 is 1.60 bits per heavy atom. The largest absolute Gasteiger partial charge is 0.480 e.